The van der Waals surface area contributed by atoms with Crippen LogP contribution in [0.4, 0.5) is 0 Å². The topological polar surface area (TPSA) is 0 Å². The van der Waals surface area contributed by atoms with Crippen molar-refractivity contribution in [2.45, 2.75) is 18.5 Å². The third-order valence-electron chi connectivity index (χ3n) is 4.78. The minimum Gasteiger partial charge on any atom is -0.161 e. The number of halogens is 3. The van der Waals surface area contributed by atoms with E-state index in [-0.39, 0.29) is 50.7 Å². The maximum atomic E-state index is 7.23. The maximum absolute atomic E-state index is 7.23. The molecule has 0 aliphatic heterocycles. The second-order valence-corrected chi connectivity index (χ2v) is 11.7. The van der Waals surface area contributed by atoms with Crippen molar-refractivity contribution in [3.8, 4) is 11.1 Å². The summed E-state index contributed by atoms with van der Waals surface area (Å²) < 4.78 is 0. The summed E-state index contributed by atoms with van der Waals surface area (Å²) in [5, 5.41) is 1.45. The van der Waals surface area contributed by atoms with E-state index >= 15 is 0 Å². The van der Waals surface area contributed by atoms with Gasteiger partial charge in [0.1, 0.15) is 0 Å². The molecule has 0 heterocycles. The van der Waals surface area contributed by atoms with Crippen LogP contribution in [0.2, 0.25) is 6.55 Å². The van der Waals surface area contributed by atoms with Gasteiger partial charge in [0.15, 0.2) is 7.38 Å². The van der Waals surface area contributed by atoms with Gasteiger partial charge in [-0.2, -0.15) is 11.1 Å². The van der Waals surface area contributed by atoms with Crippen molar-refractivity contribution in [3.63, 3.8) is 0 Å². The van der Waals surface area contributed by atoms with Gasteiger partial charge >= 0.3 is 0 Å². The second kappa shape index (κ2) is 8.51. The van der Waals surface area contributed by atoms with Crippen LogP contribution < -0.4 is 0 Å². The van der Waals surface area contributed by atoms with Gasteiger partial charge in [0.05, 0.1) is 0 Å². The van der Waals surface area contributed by atoms with Crippen LogP contribution in [0, 0.1) is 0 Å². The molecule has 0 amide bonds. The van der Waals surface area contributed by atoms with E-state index in [1.54, 1.807) is 0 Å². The Balaban J connectivity index is 0.000000960. The molecule has 0 fully saturated rings. The predicted octanol–water partition coefficient (Wildman–Crippen LogP) is 6.42. The number of rotatable bonds is 2. The van der Waals surface area contributed by atoms with E-state index < -0.39 is 7.38 Å². The Morgan fingerprint density at radius 3 is 1.88 bits per heavy atom. The van der Waals surface area contributed by atoms with Crippen molar-refractivity contribution in [3.05, 3.63) is 83.1 Å². The fourth-order valence-corrected chi connectivity index (χ4v) is 7.84. The Bertz CT molecular complexity index is 738. The molecule has 2 aromatic carbocycles. The van der Waals surface area contributed by atoms with Crippen molar-refractivity contribution in [2.24, 2.45) is 0 Å². The Morgan fingerprint density at radius 1 is 0.917 bits per heavy atom. The van der Waals surface area contributed by atoms with Gasteiger partial charge < -0.3 is 0 Å². The zero-order valence-corrected chi connectivity index (χ0v) is 20.3. The largest absolute Gasteiger partial charge is 0.191 e. The van der Waals surface area contributed by atoms with Crippen molar-refractivity contribution in [2.75, 3.05) is 0 Å². The monoisotopic (exact) mass is 560 g/mol. The van der Waals surface area contributed by atoms with E-state index in [4.69, 9.17) is 11.1 Å². The van der Waals surface area contributed by atoms with Gasteiger partial charge in [0, 0.05) is 31.4 Å². The zero-order chi connectivity index (χ0) is 14.4. The molecule has 1 atom stereocenters. The summed E-state index contributed by atoms with van der Waals surface area (Å²) in [7, 11) is -2.07. The average Bonchev–Trinajstić information content (AvgIpc) is 3.14. The first-order valence-corrected chi connectivity index (χ1v) is 11.0. The number of benzene rings is 2. The molecule has 0 N–H and O–H groups in total. The molecule has 0 spiro atoms. The SMILES string of the molecule is C[Si](Cl)(C1=CC=CC1)C1c2ccccc2-c2ccccc21.Cl.Cl.[Hf]. The van der Waals surface area contributed by atoms with E-state index in [9.17, 15) is 0 Å². The smallest absolute Gasteiger partial charge is 0.161 e. The third-order valence-corrected chi connectivity index (χ3v) is 9.49. The Hall–Kier alpha value is -0.123. The molecule has 1 unspecified atom stereocenters. The van der Waals surface area contributed by atoms with Crippen molar-refractivity contribution < 1.29 is 25.8 Å². The third kappa shape index (κ3) is 3.41. The molecule has 124 valence electrons. The molecule has 0 saturated carbocycles. The van der Waals surface area contributed by atoms with Gasteiger partial charge in [0.25, 0.3) is 0 Å². The van der Waals surface area contributed by atoms with Gasteiger partial charge in [-0.25, -0.2) is 0 Å². The van der Waals surface area contributed by atoms with Crippen LogP contribution in [0.3, 0.4) is 0 Å². The molecule has 4 rings (SSSR count). The number of hydrogen-bond acceptors (Lipinski definition) is 0. The Morgan fingerprint density at radius 2 is 1.42 bits per heavy atom. The Kier molecular flexibility index (Phi) is 7.77. The average molecular weight is 560 g/mol. The summed E-state index contributed by atoms with van der Waals surface area (Å²) in [5.74, 6) is 0. The minimum absolute atomic E-state index is 0. The Labute approximate surface area is 180 Å². The summed E-state index contributed by atoms with van der Waals surface area (Å²) in [5.41, 5.74) is 5.91. The van der Waals surface area contributed by atoms with Crippen LogP contribution in [0.5, 0.6) is 0 Å². The van der Waals surface area contributed by atoms with Crippen molar-refractivity contribution in [1.29, 1.82) is 0 Å². The van der Waals surface area contributed by atoms with Crippen LogP contribution in [0.1, 0.15) is 23.1 Å². The molecule has 24 heavy (non-hydrogen) atoms. The fourth-order valence-electron chi connectivity index (χ4n) is 3.73. The predicted molar refractivity (Wildman–Crippen MR) is 108 cm³/mol. The van der Waals surface area contributed by atoms with E-state index in [1.807, 2.05) is 0 Å². The molecule has 0 radical (unpaired) electrons. The van der Waals surface area contributed by atoms with Crippen molar-refractivity contribution >= 4 is 43.3 Å². The number of allylic oxidation sites excluding steroid dienone is 4. The van der Waals surface area contributed by atoms with E-state index in [2.05, 4.69) is 73.3 Å². The standard InChI is InChI=1S/C19H17ClSi.2ClH.Hf/c1-21(20,14-8-2-3-9-14)19-17-12-6-4-10-15(17)16-11-5-7-13-18(16)19;;;/h2-8,10-13,19H,9H2,1H3;2*1H;. The molecule has 0 nitrogen and oxygen atoms in total. The van der Waals surface area contributed by atoms with Gasteiger partial charge in [-0.15, -0.1) is 24.8 Å². The quantitative estimate of drug-likeness (QED) is 0.294. The normalized spacial score (nSPS) is 16.7. The van der Waals surface area contributed by atoms with E-state index in [0.717, 1.165) is 6.42 Å². The molecule has 0 aromatic heterocycles. The first kappa shape index (κ1) is 21.9. The van der Waals surface area contributed by atoms with Crippen LogP contribution in [0.25, 0.3) is 11.1 Å². The number of fused-ring (bicyclic) bond motifs is 3. The molecular weight excluding hydrogens is 541 g/mol. The van der Waals surface area contributed by atoms with Crippen LogP contribution in [0.15, 0.2) is 72.0 Å². The van der Waals surface area contributed by atoms with Gasteiger partial charge in [-0.05, 0) is 28.7 Å². The molecule has 0 bridgehead atoms. The first-order valence-electron chi connectivity index (χ1n) is 7.43. The van der Waals surface area contributed by atoms with Gasteiger partial charge in [-0.1, -0.05) is 78.5 Å². The molecule has 2 aliphatic rings. The second-order valence-electron chi connectivity index (χ2n) is 6.01. The fraction of sp³-hybridized carbons (Fsp3) is 0.158. The molecular formula is C19H19Cl3HfSi. The van der Waals surface area contributed by atoms with Crippen LogP contribution in [-0.4, -0.2) is 7.38 Å². The van der Waals surface area contributed by atoms with Crippen LogP contribution in [-0.2, 0) is 25.8 Å². The molecule has 2 aromatic rings. The van der Waals surface area contributed by atoms with Crippen molar-refractivity contribution in [1.82, 2.24) is 0 Å². The van der Waals surface area contributed by atoms with Crippen LogP contribution >= 0.6 is 35.9 Å². The summed E-state index contributed by atoms with van der Waals surface area (Å²) in [6.07, 6.45) is 7.63. The van der Waals surface area contributed by atoms with Gasteiger partial charge in [-0.3, -0.25) is 0 Å². The summed E-state index contributed by atoms with van der Waals surface area (Å²) in [6.45, 7) is 2.30. The minimum atomic E-state index is -2.07. The molecule has 5 heteroatoms. The number of hydrogen-bond donors (Lipinski definition) is 0. The maximum Gasteiger partial charge on any atom is 0.191 e. The summed E-state index contributed by atoms with van der Waals surface area (Å²) >= 11 is 7.23. The summed E-state index contributed by atoms with van der Waals surface area (Å²) in [6, 6.07) is 17.5. The van der Waals surface area contributed by atoms with E-state index in [1.165, 1.54) is 27.5 Å². The molecule has 0 saturated heterocycles. The molecule has 2 aliphatic carbocycles. The first-order chi connectivity index (χ1) is 10.2. The van der Waals surface area contributed by atoms with Gasteiger partial charge in [0.2, 0.25) is 0 Å². The van der Waals surface area contributed by atoms with E-state index in [0.29, 0.717) is 5.54 Å². The summed E-state index contributed by atoms with van der Waals surface area (Å²) in [4.78, 5) is 0. The zero-order valence-electron chi connectivity index (χ0n) is 13.3.